The van der Waals surface area contributed by atoms with Crippen molar-refractivity contribution in [3.63, 3.8) is 0 Å². The van der Waals surface area contributed by atoms with Crippen molar-refractivity contribution < 1.29 is 9.53 Å². The highest BCUT2D eigenvalue weighted by Crippen LogP contribution is 2.23. The lowest BCUT2D eigenvalue weighted by Crippen LogP contribution is -2.44. The minimum atomic E-state index is 0.0139. The first kappa shape index (κ1) is 15.3. The molecule has 1 aromatic carbocycles. The minimum absolute atomic E-state index is 0.0139. The molecule has 0 aromatic heterocycles. The number of amides is 1. The molecule has 1 unspecified atom stereocenters. The van der Waals surface area contributed by atoms with Gasteiger partial charge in [0, 0.05) is 24.7 Å². The quantitative estimate of drug-likeness (QED) is 0.906. The Balaban J connectivity index is 1.88. The zero-order chi connectivity index (χ0) is 14.4. The number of benzene rings is 1. The van der Waals surface area contributed by atoms with E-state index in [0.29, 0.717) is 13.2 Å². The molecule has 0 bridgehead atoms. The average molecular weight is 297 g/mol. The molecule has 4 nitrogen and oxygen atoms in total. The van der Waals surface area contributed by atoms with E-state index in [1.54, 1.807) is 0 Å². The van der Waals surface area contributed by atoms with Gasteiger partial charge in [0.2, 0.25) is 5.91 Å². The molecule has 5 heteroatoms. The van der Waals surface area contributed by atoms with Crippen molar-refractivity contribution in [3.8, 4) is 0 Å². The van der Waals surface area contributed by atoms with Gasteiger partial charge in [-0.25, -0.2) is 0 Å². The first-order valence-electron chi connectivity index (χ1n) is 7.05. The van der Waals surface area contributed by atoms with E-state index >= 15 is 0 Å². The van der Waals surface area contributed by atoms with E-state index in [-0.39, 0.29) is 12.0 Å². The Kier molecular flexibility index (Phi) is 5.83. The molecular formula is C15H21ClN2O2. The SMILES string of the molecule is CCCNC(=O)CN1CCOC(c2ccc(Cl)cc2)C1. The first-order valence-corrected chi connectivity index (χ1v) is 7.43. The van der Waals surface area contributed by atoms with E-state index in [1.165, 1.54) is 0 Å². The van der Waals surface area contributed by atoms with Gasteiger partial charge in [-0.2, -0.15) is 0 Å². The van der Waals surface area contributed by atoms with Crippen molar-refractivity contribution in [2.24, 2.45) is 0 Å². The largest absolute Gasteiger partial charge is 0.371 e. The lowest BCUT2D eigenvalue weighted by molar-refractivity contribution is -0.124. The Morgan fingerprint density at radius 3 is 2.90 bits per heavy atom. The third-order valence-corrected chi connectivity index (χ3v) is 3.58. The summed E-state index contributed by atoms with van der Waals surface area (Å²) in [5.74, 6) is 0.0867. The standard InChI is InChI=1S/C15H21ClN2O2/c1-2-7-17-15(19)11-18-8-9-20-14(10-18)12-3-5-13(16)6-4-12/h3-6,14H,2,7-11H2,1H3,(H,17,19). The number of nitrogens with one attached hydrogen (secondary N) is 1. The summed E-state index contributed by atoms with van der Waals surface area (Å²) in [6, 6.07) is 7.70. The molecule has 2 rings (SSSR count). The highest BCUT2D eigenvalue weighted by Gasteiger charge is 2.23. The number of hydrogen-bond acceptors (Lipinski definition) is 3. The summed E-state index contributed by atoms with van der Waals surface area (Å²) >= 11 is 5.89. The first-order chi connectivity index (χ1) is 9.69. The van der Waals surface area contributed by atoms with Crippen LogP contribution in [-0.2, 0) is 9.53 Å². The molecule has 0 aliphatic carbocycles. The van der Waals surface area contributed by atoms with Crippen LogP contribution in [0.25, 0.3) is 0 Å². The molecule has 1 amide bonds. The fourth-order valence-corrected chi connectivity index (χ4v) is 2.37. The van der Waals surface area contributed by atoms with Crippen LogP contribution in [-0.4, -0.2) is 43.6 Å². The molecule has 1 aliphatic heterocycles. The zero-order valence-electron chi connectivity index (χ0n) is 11.8. The summed E-state index contributed by atoms with van der Waals surface area (Å²) in [4.78, 5) is 13.9. The molecular weight excluding hydrogens is 276 g/mol. The Morgan fingerprint density at radius 2 is 2.20 bits per heavy atom. The molecule has 1 atom stereocenters. The second kappa shape index (κ2) is 7.62. The van der Waals surface area contributed by atoms with Gasteiger partial charge >= 0.3 is 0 Å². The number of carbonyl (C=O) groups is 1. The zero-order valence-corrected chi connectivity index (χ0v) is 12.5. The highest BCUT2D eigenvalue weighted by atomic mass is 35.5. The van der Waals surface area contributed by atoms with Gasteiger partial charge in [-0.15, -0.1) is 0 Å². The summed E-state index contributed by atoms with van der Waals surface area (Å²) < 4.78 is 5.78. The average Bonchev–Trinajstić information content (AvgIpc) is 2.46. The lowest BCUT2D eigenvalue weighted by Gasteiger charge is -2.32. The molecule has 1 heterocycles. The van der Waals surface area contributed by atoms with Crippen LogP contribution in [0.4, 0.5) is 0 Å². The van der Waals surface area contributed by atoms with Gasteiger partial charge < -0.3 is 10.1 Å². The molecule has 1 fully saturated rings. The van der Waals surface area contributed by atoms with Crippen LogP contribution < -0.4 is 5.32 Å². The Labute approximate surface area is 125 Å². The van der Waals surface area contributed by atoms with Crippen LogP contribution in [0.2, 0.25) is 5.02 Å². The van der Waals surface area contributed by atoms with Gasteiger partial charge in [0.25, 0.3) is 0 Å². The topological polar surface area (TPSA) is 41.6 Å². The van der Waals surface area contributed by atoms with E-state index in [0.717, 1.165) is 36.6 Å². The maximum absolute atomic E-state index is 11.7. The summed E-state index contributed by atoms with van der Waals surface area (Å²) in [6.07, 6.45) is 0.974. The Hall–Kier alpha value is -1.10. The molecule has 0 saturated carbocycles. The Bertz CT molecular complexity index is 436. The molecule has 1 N–H and O–H groups in total. The van der Waals surface area contributed by atoms with Crippen LogP contribution in [0.3, 0.4) is 0 Å². The number of carbonyl (C=O) groups excluding carboxylic acids is 1. The number of rotatable bonds is 5. The predicted molar refractivity (Wildman–Crippen MR) is 79.9 cm³/mol. The maximum Gasteiger partial charge on any atom is 0.234 e. The molecule has 0 radical (unpaired) electrons. The van der Waals surface area contributed by atoms with E-state index in [1.807, 2.05) is 31.2 Å². The summed E-state index contributed by atoms with van der Waals surface area (Å²) in [5.41, 5.74) is 1.10. The lowest BCUT2D eigenvalue weighted by atomic mass is 10.1. The summed E-state index contributed by atoms with van der Waals surface area (Å²) in [5, 5.41) is 3.63. The maximum atomic E-state index is 11.7. The predicted octanol–water partition coefficient (Wildman–Crippen LogP) is 2.24. The van der Waals surface area contributed by atoms with Crippen LogP contribution in [0.1, 0.15) is 25.0 Å². The van der Waals surface area contributed by atoms with Crippen molar-refractivity contribution in [1.29, 1.82) is 0 Å². The Morgan fingerprint density at radius 1 is 1.45 bits per heavy atom. The number of halogens is 1. The smallest absolute Gasteiger partial charge is 0.234 e. The van der Waals surface area contributed by atoms with Gasteiger partial charge in [-0.05, 0) is 24.1 Å². The number of nitrogens with zero attached hydrogens (tertiary/aromatic N) is 1. The second-order valence-electron chi connectivity index (χ2n) is 5.00. The van der Waals surface area contributed by atoms with Crippen molar-refractivity contribution in [1.82, 2.24) is 10.2 Å². The van der Waals surface area contributed by atoms with E-state index in [2.05, 4.69) is 10.2 Å². The van der Waals surface area contributed by atoms with Crippen LogP contribution >= 0.6 is 11.6 Å². The van der Waals surface area contributed by atoms with Gasteiger partial charge in [-0.1, -0.05) is 30.7 Å². The summed E-state index contributed by atoms with van der Waals surface area (Å²) in [7, 11) is 0. The number of hydrogen-bond donors (Lipinski definition) is 1. The molecule has 20 heavy (non-hydrogen) atoms. The number of ether oxygens (including phenoxy) is 1. The van der Waals surface area contributed by atoms with Crippen molar-refractivity contribution >= 4 is 17.5 Å². The number of morpholine rings is 1. The van der Waals surface area contributed by atoms with Crippen LogP contribution in [0, 0.1) is 0 Å². The van der Waals surface area contributed by atoms with Gasteiger partial charge in [0.05, 0.1) is 19.3 Å². The van der Waals surface area contributed by atoms with E-state index in [9.17, 15) is 4.79 Å². The summed E-state index contributed by atoms with van der Waals surface area (Å²) in [6.45, 7) is 5.40. The van der Waals surface area contributed by atoms with Gasteiger partial charge in [0.1, 0.15) is 0 Å². The molecule has 0 spiro atoms. The highest BCUT2D eigenvalue weighted by molar-refractivity contribution is 6.30. The van der Waals surface area contributed by atoms with E-state index < -0.39 is 0 Å². The van der Waals surface area contributed by atoms with Crippen molar-refractivity contribution in [3.05, 3.63) is 34.9 Å². The third-order valence-electron chi connectivity index (χ3n) is 3.33. The molecule has 1 aliphatic rings. The third kappa shape index (κ3) is 4.47. The molecule has 1 saturated heterocycles. The van der Waals surface area contributed by atoms with Crippen molar-refractivity contribution in [2.75, 3.05) is 32.8 Å². The van der Waals surface area contributed by atoms with Gasteiger partial charge in [0.15, 0.2) is 0 Å². The van der Waals surface area contributed by atoms with Crippen LogP contribution in [0.15, 0.2) is 24.3 Å². The second-order valence-corrected chi connectivity index (χ2v) is 5.43. The van der Waals surface area contributed by atoms with Crippen LogP contribution in [0.5, 0.6) is 0 Å². The minimum Gasteiger partial charge on any atom is -0.371 e. The van der Waals surface area contributed by atoms with E-state index in [4.69, 9.17) is 16.3 Å². The molecule has 1 aromatic rings. The fourth-order valence-electron chi connectivity index (χ4n) is 2.25. The fraction of sp³-hybridized carbons (Fsp3) is 0.533. The molecule has 110 valence electrons. The van der Waals surface area contributed by atoms with Crippen molar-refractivity contribution in [2.45, 2.75) is 19.4 Å². The van der Waals surface area contributed by atoms with Gasteiger partial charge in [-0.3, -0.25) is 9.69 Å². The monoisotopic (exact) mass is 296 g/mol. The normalized spacial score (nSPS) is 19.8.